The minimum absolute atomic E-state index is 0.255. The summed E-state index contributed by atoms with van der Waals surface area (Å²) in [5, 5.41) is 0. The highest BCUT2D eigenvalue weighted by Gasteiger charge is 2.06. The predicted octanol–water partition coefficient (Wildman–Crippen LogP) is 2.44. The van der Waals surface area contributed by atoms with Crippen LogP contribution in [0.5, 0.6) is 5.75 Å². The molecule has 0 saturated heterocycles. The molecule has 0 aliphatic heterocycles. The zero-order valence-electron chi connectivity index (χ0n) is 12.0. The van der Waals surface area contributed by atoms with E-state index in [1.54, 1.807) is 0 Å². The summed E-state index contributed by atoms with van der Waals surface area (Å²) < 4.78 is 11.3. The quantitative estimate of drug-likeness (QED) is 0.632. The van der Waals surface area contributed by atoms with Crippen molar-refractivity contribution < 1.29 is 9.47 Å². The van der Waals surface area contributed by atoms with E-state index in [9.17, 15) is 0 Å². The Kier molecular flexibility index (Phi) is 7.02. The minimum atomic E-state index is 0.255. The van der Waals surface area contributed by atoms with E-state index in [0.717, 1.165) is 11.3 Å². The van der Waals surface area contributed by atoms with E-state index in [-0.39, 0.29) is 6.10 Å². The Labute approximate surface area is 116 Å². The van der Waals surface area contributed by atoms with Gasteiger partial charge in [-0.3, -0.25) is 0 Å². The molecule has 0 heterocycles. The van der Waals surface area contributed by atoms with E-state index in [4.69, 9.17) is 15.2 Å². The molecule has 1 atom stereocenters. The molecule has 0 aliphatic rings. The van der Waals surface area contributed by atoms with Gasteiger partial charge < -0.3 is 15.2 Å². The summed E-state index contributed by atoms with van der Waals surface area (Å²) in [6, 6.07) is 7.69. The van der Waals surface area contributed by atoms with E-state index in [2.05, 4.69) is 32.6 Å². The minimum Gasteiger partial charge on any atom is -0.491 e. The molecule has 0 saturated carbocycles. The lowest BCUT2D eigenvalue weighted by Gasteiger charge is -2.16. The fourth-order valence-electron chi connectivity index (χ4n) is 1.40. The van der Waals surface area contributed by atoms with Gasteiger partial charge in [0.1, 0.15) is 12.4 Å². The molecule has 0 aromatic heterocycles. The third-order valence-electron chi connectivity index (χ3n) is 2.84. The SMILES string of the molecule is CC(C)C(C)OCCOc1cccc(C#CCN)c1. The van der Waals surface area contributed by atoms with Crippen LogP contribution in [0.4, 0.5) is 0 Å². The summed E-state index contributed by atoms with van der Waals surface area (Å²) in [5.74, 6) is 7.14. The molecule has 0 amide bonds. The topological polar surface area (TPSA) is 44.5 Å². The molecule has 104 valence electrons. The summed E-state index contributed by atoms with van der Waals surface area (Å²) in [6.07, 6.45) is 0.255. The Morgan fingerprint density at radius 1 is 1.21 bits per heavy atom. The van der Waals surface area contributed by atoms with Crippen LogP contribution in [0.3, 0.4) is 0 Å². The molecule has 0 radical (unpaired) electrons. The molecule has 2 N–H and O–H groups in total. The van der Waals surface area contributed by atoms with Crippen LogP contribution in [-0.2, 0) is 4.74 Å². The molecule has 0 fully saturated rings. The third kappa shape index (κ3) is 6.28. The average Bonchev–Trinajstić information content (AvgIpc) is 2.41. The van der Waals surface area contributed by atoms with Crippen molar-refractivity contribution in [1.29, 1.82) is 0 Å². The Hall–Kier alpha value is -1.50. The third-order valence-corrected chi connectivity index (χ3v) is 2.84. The molecule has 0 spiro atoms. The van der Waals surface area contributed by atoms with Gasteiger partial charge in [0, 0.05) is 5.56 Å². The predicted molar refractivity (Wildman–Crippen MR) is 78.1 cm³/mol. The highest BCUT2D eigenvalue weighted by molar-refractivity contribution is 5.39. The molecule has 19 heavy (non-hydrogen) atoms. The van der Waals surface area contributed by atoms with E-state index in [0.29, 0.717) is 25.7 Å². The van der Waals surface area contributed by atoms with Crippen LogP contribution in [-0.4, -0.2) is 25.9 Å². The summed E-state index contributed by atoms with van der Waals surface area (Å²) >= 11 is 0. The molecule has 1 aromatic carbocycles. The van der Waals surface area contributed by atoms with E-state index >= 15 is 0 Å². The monoisotopic (exact) mass is 261 g/mol. The largest absolute Gasteiger partial charge is 0.491 e. The van der Waals surface area contributed by atoms with Crippen LogP contribution in [0.2, 0.25) is 0 Å². The van der Waals surface area contributed by atoms with Crippen LogP contribution < -0.4 is 10.5 Å². The number of nitrogens with two attached hydrogens (primary N) is 1. The second-order valence-corrected chi connectivity index (χ2v) is 4.70. The summed E-state index contributed by atoms with van der Waals surface area (Å²) in [6.45, 7) is 7.87. The lowest BCUT2D eigenvalue weighted by molar-refractivity contribution is 0.0188. The maximum absolute atomic E-state index is 5.65. The van der Waals surface area contributed by atoms with Crippen molar-refractivity contribution in [3.8, 4) is 17.6 Å². The highest BCUT2D eigenvalue weighted by Crippen LogP contribution is 2.12. The normalized spacial score (nSPS) is 11.8. The first-order valence-corrected chi connectivity index (χ1v) is 6.67. The number of hydrogen-bond acceptors (Lipinski definition) is 3. The van der Waals surface area contributed by atoms with Crippen molar-refractivity contribution >= 4 is 0 Å². The first-order valence-electron chi connectivity index (χ1n) is 6.67. The lowest BCUT2D eigenvalue weighted by atomic mass is 10.1. The average molecular weight is 261 g/mol. The smallest absolute Gasteiger partial charge is 0.120 e. The van der Waals surface area contributed by atoms with Gasteiger partial charge in [0.2, 0.25) is 0 Å². The molecular formula is C16H23NO2. The Balaban J connectivity index is 2.37. The van der Waals surface area contributed by atoms with Crippen molar-refractivity contribution in [2.24, 2.45) is 11.7 Å². The van der Waals surface area contributed by atoms with Gasteiger partial charge in [-0.2, -0.15) is 0 Å². The van der Waals surface area contributed by atoms with Gasteiger partial charge in [0.15, 0.2) is 0 Å². The van der Waals surface area contributed by atoms with Crippen LogP contribution in [0.25, 0.3) is 0 Å². The van der Waals surface area contributed by atoms with Gasteiger partial charge in [-0.05, 0) is 31.0 Å². The van der Waals surface area contributed by atoms with Gasteiger partial charge >= 0.3 is 0 Å². The van der Waals surface area contributed by atoms with Crippen molar-refractivity contribution in [3.63, 3.8) is 0 Å². The standard InChI is InChI=1S/C16H23NO2/c1-13(2)14(3)18-10-11-19-16-8-4-6-15(12-16)7-5-9-17/h4,6,8,12-14H,9-11,17H2,1-3H3. The number of rotatable bonds is 6. The Morgan fingerprint density at radius 3 is 2.68 bits per heavy atom. The first-order chi connectivity index (χ1) is 9.13. The summed E-state index contributed by atoms with van der Waals surface area (Å²) in [7, 11) is 0. The Bertz CT molecular complexity index is 432. The van der Waals surface area contributed by atoms with Crippen LogP contribution in [0.1, 0.15) is 26.3 Å². The first kappa shape index (κ1) is 15.6. The number of hydrogen-bond donors (Lipinski definition) is 1. The number of ether oxygens (including phenoxy) is 2. The Morgan fingerprint density at radius 2 is 2.00 bits per heavy atom. The molecular weight excluding hydrogens is 238 g/mol. The second-order valence-electron chi connectivity index (χ2n) is 4.70. The van der Waals surface area contributed by atoms with Crippen molar-refractivity contribution in [2.45, 2.75) is 26.9 Å². The molecule has 0 aliphatic carbocycles. The second kappa shape index (κ2) is 8.58. The summed E-state index contributed by atoms with van der Waals surface area (Å²) in [4.78, 5) is 0. The van der Waals surface area contributed by atoms with Crippen LogP contribution >= 0.6 is 0 Å². The van der Waals surface area contributed by atoms with Gasteiger partial charge in [-0.25, -0.2) is 0 Å². The van der Waals surface area contributed by atoms with E-state index in [1.165, 1.54) is 0 Å². The summed E-state index contributed by atoms with van der Waals surface area (Å²) in [5.41, 5.74) is 6.26. The van der Waals surface area contributed by atoms with Gasteiger partial charge in [0.05, 0.1) is 19.3 Å². The van der Waals surface area contributed by atoms with Crippen molar-refractivity contribution in [3.05, 3.63) is 29.8 Å². The lowest BCUT2D eigenvalue weighted by Crippen LogP contribution is -2.19. The van der Waals surface area contributed by atoms with Gasteiger partial charge in [-0.1, -0.05) is 31.8 Å². The maximum Gasteiger partial charge on any atom is 0.120 e. The zero-order valence-corrected chi connectivity index (χ0v) is 12.0. The van der Waals surface area contributed by atoms with Gasteiger partial charge in [-0.15, -0.1) is 0 Å². The fraction of sp³-hybridized carbons (Fsp3) is 0.500. The molecule has 1 aromatic rings. The molecule has 1 unspecified atom stereocenters. The molecule has 1 rings (SSSR count). The van der Waals surface area contributed by atoms with E-state index in [1.807, 2.05) is 24.3 Å². The van der Waals surface area contributed by atoms with Gasteiger partial charge in [0.25, 0.3) is 0 Å². The number of benzene rings is 1. The van der Waals surface area contributed by atoms with Crippen LogP contribution in [0.15, 0.2) is 24.3 Å². The molecule has 0 bridgehead atoms. The highest BCUT2D eigenvalue weighted by atomic mass is 16.5. The molecule has 3 nitrogen and oxygen atoms in total. The van der Waals surface area contributed by atoms with Crippen molar-refractivity contribution in [2.75, 3.05) is 19.8 Å². The van der Waals surface area contributed by atoms with E-state index < -0.39 is 0 Å². The fourth-order valence-corrected chi connectivity index (χ4v) is 1.40. The zero-order chi connectivity index (χ0) is 14.1. The maximum atomic E-state index is 5.65. The van der Waals surface area contributed by atoms with Crippen LogP contribution in [0, 0.1) is 17.8 Å². The molecule has 3 heteroatoms. The van der Waals surface area contributed by atoms with Crippen molar-refractivity contribution in [1.82, 2.24) is 0 Å².